The van der Waals surface area contributed by atoms with Crippen LogP contribution in [0.5, 0.6) is 5.88 Å². The minimum Gasteiger partial charge on any atom is -0.481 e. The number of halogens is 3. The van der Waals surface area contributed by atoms with E-state index in [0.717, 1.165) is 34.0 Å². The van der Waals surface area contributed by atoms with Crippen LogP contribution in [0.1, 0.15) is 18.4 Å². The number of alkyl halides is 1. The fourth-order valence-electron chi connectivity index (χ4n) is 2.80. The molecule has 0 saturated carbocycles. The Labute approximate surface area is 142 Å². The highest BCUT2D eigenvalue weighted by atomic mass is 79.9. The Bertz CT molecular complexity index is 689. The van der Waals surface area contributed by atoms with Gasteiger partial charge in [-0.05, 0) is 31.0 Å². The Balaban J connectivity index is 1.98. The molecule has 3 rings (SSSR count). The standard InChI is InChI=1S/C16H17BrClFN2O/c1-22-16-13(9-21-6-4-11(19)5-7-21)15(18)12-8-10(17)2-3-14(12)20-16/h2-3,8,11H,4-7,9H2,1H3. The summed E-state index contributed by atoms with van der Waals surface area (Å²) in [6.07, 6.45) is 0.471. The van der Waals surface area contributed by atoms with Crippen molar-refractivity contribution in [2.75, 3.05) is 20.2 Å². The van der Waals surface area contributed by atoms with Crippen LogP contribution in [0.3, 0.4) is 0 Å². The predicted molar refractivity (Wildman–Crippen MR) is 90.4 cm³/mol. The zero-order valence-electron chi connectivity index (χ0n) is 12.3. The van der Waals surface area contributed by atoms with E-state index in [1.54, 1.807) is 7.11 Å². The molecule has 22 heavy (non-hydrogen) atoms. The van der Waals surface area contributed by atoms with Gasteiger partial charge in [-0.3, -0.25) is 4.90 Å². The van der Waals surface area contributed by atoms with E-state index in [1.165, 1.54) is 0 Å². The predicted octanol–water partition coefficient (Wildman–Crippen LogP) is 4.59. The number of benzene rings is 1. The van der Waals surface area contributed by atoms with Gasteiger partial charge in [-0.15, -0.1) is 0 Å². The van der Waals surface area contributed by atoms with Crippen molar-refractivity contribution in [3.8, 4) is 5.88 Å². The highest BCUT2D eigenvalue weighted by molar-refractivity contribution is 9.10. The lowest BCUT2D eigenvalue weighted by Gasteiger charge is -2.29. The van der Waals surface area contributed by atoms with Gasteiger partial charge in [0.15, 0.2) is 0 Å². The number of fused-ring (bicyclic) bond motifs is 1. The van der Waals surface area contributed by atoms with Crippen molar-refractivity contribution in [3.63, 3.8) is 0 Å². The van der Waals surface area contributed by atoms with Crippen molar-refractivity contribution >= 4 is 38.4 Å². The Kier molecular flexibility index (Phi) is 4.85. The van der Waals surface area contributed by atoms with Gasteiger partial charge in [0, 0.05) is 35.1 Å². The summed E-state index contributed by atoms with van der Waals surface area (Å²) in [5.41, 5.74) is 1.67. The van der Waals surface area contributed by atoms with Crippen LogP contribution in [-0.2, 0) is 6.54 Å². The lowest BCUT2D eigenvalue weighted by Crippen LogP contribution is -2.34. The highest BCUT2D eigenvalue weighted by Gasteiger charge is 2.22. The third kappa shape index (κ3) is 3.21. The second-order valence-electron chi connectivity index (χ2n) is 5.53. The van der Waals surface area contributed by atoms with Crippen molar-refractivity contribution in [2.24, 2.45) is 0 Å². The molecule has 1 aliphatic heterocycles. The van der Waals surface area contributed by atoms with E-state index in [1.807, 2.05) is 18.2 Å². The zero-order valence-corrected chi connectivity index (χ0v) is 14.6. The molecular weight excluding hydrogens is 371 g/mol. The maximum absolute atomic E-state index is 13.3. The maximum atomic E-state index is 13.3. The van der Waals surface area contributed by atoms with Crippen molar-refractivity contribution in [2.45, 2.75) is 25.6 Å². The van der Waals surface area contributed by atoms with E-state index in [4.69, 9.17) is 16.3 Å². The Morgan fingerprint density at radius 3 is 2.82 bits per heavy atom. The Morgan fingerprint density at radius 1 is 1.41 bits per heavy atom. The molecule has 0 N–H and O–H groups in total. The summed E-state index contributed by atoms with van der Waals surface area (Å²) >= 11 is 10.1. The van der Waals surface area contributed by atoms with Gasteiger partial charge < -0.3 is 4.74 Å². The highest BCUT2D eigenvalue weighted by Crippen LogP contribution is 2.35. The molecule has 0 aliphatic carbocycles. The second-order valence-corrected chi connectivity index (χ2v) is 6.82. The summed E-state index contributed by atoms with van der Waals surface area (Å²) in [5.74, 6) is 0.544. The third-order valence-corrected chi connectivity index (χ3v) is 4.96. The molecular formula is C16H17BrClFN2O. The van der Waals surface area contributed by atoms with Crippen LogP contribution in [0.15, 0.2) is 22.7 Å². The first-order valence-electron chi connectivity index (χ1n) is 7.26. The fraction of sp³-hybridized carbons (Fsp3) is 0.438. The molecule has 1 aliphatic rings. The van der Waals surface area contributed by atoms with Crippen LogP contribution >= 0.6 is 27.5 Å². The van der Waals surface area contributed by atoms with Crippen LogP contribution in [0, 0.1) is 0 Å². The smallest absolute Gasteiger partial charge is 0.219 e. The maximum Gasteiger partial charge on any atom is 0.219 e. The van der Waals surface area contributed by atoms with Crippen LogP contribution in [-0.4, -0.2) is 36.3 Å². The number of rotatable bonds is 3. The Morgan fingerprint density at radius 2 is 2.14 bits per heavy atom. The third-order valence-electron chi connectivity index (χ3n) is 4.03. The molecule has 6 heteroatoms. The normalized spacial score (nSPS) is 17.1. The number of likely N-dealkylation sites (tertiary alicyclic amines) is 1. The van der Waals surface area contributed by atoms with Crippen molar-refractivity contribution < 1.29 is 9.13 Å². The number of pyridine rings is 1. The topological polar surface area (TPSA) is 25.4 Å². The number of ether oxygens (including phenoxy) is 1. The van der Waals surface area contributed by atoms with Crippen molar-refractivity contribution in [1.29, 1.82) is 0 Å². The molecule has 1 saturated heterocycles. The molecule has 0 atom stereocenters. The van der Waals surface area contributed by atoms with Crippen LogP contribution in [0.4, 0.5) is 4.39 Å². The number of nitrogens with zero attached hydrogens (tertiary/aromatic N) is 2. The summed E-state index contributed by atoms with van der Waals surface area (Å²) in [7, 11) is 1.60. The molecule has 0 radical (unpaired) electrons. The first-order chi connectivity index (χ1) is 10.6. The van der Waals surface area contributed by atoms with Gasteiger partial charge in [0.1, 0.15) is 6.17 Å². The van der Waals surface area contributed by atoms with Crippen LogP contribution < -0.4 is 4.74 Å². The quantitative estimate of drug-likeness (QED) is 0.770. The van der Waals surface area contributed by atoms with Gasteiger partial charge >= 0.3 is 0 Å². The van der Waals surface area contributed by atoms with E-state index in [0.29, 0.717) is 30.3 Å². The average Bonchev–Trinajstić information content (AvgIpc) is 2.52. The van der Waals surface area contributed by atoms with E-state index in [2.05, 4.69) is 25.8 Å². The van der Waals surface area contributed by atoms with Crippen LogP contribution in [0.2, 0.25) is 5.02 Å². The second kappa shape index (κ2) is 6.69. The molecule has 3 nitrogen and oxygen atoms in total. The van der Waals surface area contributed by atoms with Gasteiger partial charge in [0.05, 0.1) is 17.6 Å². The number of piperidine rings is 1. The van der Waals surface area contributed by atoms with E-state index in [-0.39, 0.29) is 0 Å². The Hall–Kier alpha value is -0.910. The van der Waals surface area contributed by atoms with Crippen LogP contribution in [0.25, 0.3) is 10.9 Å². The van der Waals surface area contributed by atoms with Gasteiger partial charge in [-0.25, -0.2) is 9.37 Å². The van der Waals surface area contributed by atoms with E-state index >= 15 is 0 Å². The summed E-state index contributed by atoms with van der Waals surface area (Å²) in [6, 6.07) is 5.80. The SMILES string of the molecule is COc1nc2ccc(Br)cc2c(Cl)c1CN1CCC(F)CC1. The summed E-state index contributed by atoms with van der Waals surface area (Å²) in [6.45, 7) is 2.10. The molecule has 0 amide bonds. The molecule has 0 bridgehead atoms. The fourth-order valence-corrected chi connectivity index (χ4v) is 3.46. The molecule has 1 aromatic carbocycles. The number of aromatic nitrogens is 1. The monoisotopic (exact) mass is 386 g/mol. The van der Waals surface area contributed by atoms with Gasteiger partial charge in [-0.2, -0.15) is 0 Å². The molecule has 2 heterocycles. The van der Waals surface area contributed by atoms with Crippen molar-refractivity contribution in [1.82, 2.24) is 9.88 Å². The molecule has 2 aromatic rings. The number of hydrogen-bond donors (Lipinski definition) is 0. The summed E-state index contributed by atoms with van der Waals surface area (Å²) in [5, 5.41) is 1.55. The lowest BCUT2D eigenvalue weighted by atomic mass is 10.1. The number of hydrogen-bond acceptors (Lipinski definition) is 3. The molecule has 118 valence electrons. The first kappa shape index (κ1) is 16.0. The lowest BCUT2D eigenvalue weighted by molar-refractivity contribution is 0.144. The molecule has 0 spiro atoms. The zero-order chi connectivity index (χ0) is 15.7. The van der Waals surface area contributed by atoms with Gasteiger partial charge in [-0.1, -0.05) is 27.5 Å². The largest absolute Gasteiger partial charge is 0.481 e. The summed E-state index contributed by atoms with van der Waals surface area (Å²) < 4.78 is 19.7. The molecule has 0 unspecified atom stereocenters. The van der Waals surface area contributed by atoms with E-state index in [9.17, 15) is 4.39 Å². The molecule has 1 fully saturated rings. The van der Waals surface area contributed by atoms with Gasteiger partial charge in [0.2, 0.25) is 5.88 Å². The minimum absolute atomic E-state index is 0.544. The summed E-state index contributed by atoms with van der Waals surface area (Å²) in [4.78, 5) is 6.75. The van der Waals surface area contributed by atoms with Crippen molar-refractivity contribution in [3.05, 3.63) is 33.3 Å². The average molecular weight is 388 g/mol. The first-order valence-corrected chi connectivity index (χ1v) is 8.43. The van der Waals surface area contributed by atoms with Gasteiger partial charge in [0.25, 0.3) is 0 Å². The number of methoxy groups -OCH3 is 1. The molecule has 1 aromatic heterocycles. The minimum atomic E-state index is -0.681. The van der Waals surface area contributed by atoms with E-state index < -0.39 is 6.17 Å².